The molecule has 1 aromatic carbocycles. The van der Waals surface area contributed by atoms with E-state index in [1.165, 1.54) is 6.08 Å². The van der Waals surface area contributed by atoms with Gasteiger partial charge in [0.1, 0.15) is 6.26 Å². The lowest BCUT2D eigenvalue weighted by Gasteiger charge is -1.96. The maximum absolute atomic E-state index is 11.7. The highest BCUT2D eigenvalue weighted by Crippen LogP contribution is 2.09. The molecule has 6 heteroatoms. The summed E-state index contributed by atoms with van der Waals surface area (Å²) in [4.78, 5) is 26.9. The van der Waals surface area contributed by atoms with Crippen LogP contribution in [0.15, 0.2) is 47.1 Å². The van der Waals surface area contributed by atoms with E-state index in [-0.39, 0.29) is 18.3 Å². The number of carbonyl (C=O) groups is 2. The van der Waals surface area contributed by atoms with E-state index in [1.54, 1.807) is 13.0 Å². The van der Waals surface area contributed by atoms with Crippen molar-refractivity contribution in [3.8, 4) is 0 Å². The topological polar surface area (TPSA) is 81.4 Å². The smallest absolute Gasteiger partial charge is 0.360 e. The van der Waals surface area contributed by atoms with Gasteiger partial charge in [-0.1, -0.05) is 30.3 Å². The molecule has 0 aliphatic heterocycles. The fraction of sp³-hybridized carbons (Fsp3) is 0.133. The van der Waals surface area contributed by atoms with Crippen molar-refractivity contribution in [3.05, 3.63) is 53.9 Å². The van der Waals surface area contributed by atoms with Crippen LogP contribution in [0.2, 0.25) is 0 Å². The number of nitrogens with one attached hydrogen (secondary N) is 1. The first kappa shape index (κ1) is 14.5. The molecule has 0 fully saturated rings. The maximum Gasteiger partial charge on any atom is 0.360 e. The number of oxazole rings is 1. The Hall–Kier alpha value is -2.89. The normalized spacial score (nSPS) is 10.5. The molecule has 0 unspecified atom stereocenters. The molecule has 6 nitrogen and oxygen atoms in total. The highest BCUT2D eigenvalue weighted by atomic mass is 16.5. The van der Waals surface area contributed by atoms with Gasteiger partial charge < -0.3 is 9.15 Å². The number of anilines is 1. The van der Waals surface area contributed by atoms with E-state index in [2.05, 4.69) is 10.3 Å². The standard InChI is InChI=1S/C15H14N2O4/c1-2-20-14(19)12-10-21-15(16-12)17-13(18)9-8-11-6-4-3-5-7-11/h3-10H,2H2,1H3,(H,16,17,18). The first-order valence-corrected chi connectivity index (χ1v) is 6.36. The summed E-state index contributed by atoms with van der Waals surface area (Å²) in [5, 5.41) is 2.42. The first-order chi connectivity index (χ1) is 10.2. The second-order valence-corrected chi connectivity index (χ2v) is 3.99. The summed E-state index contributed by atoms with van der Waals surface area (Å²) >= 11 is 0. The number of rotatable bonds is 5. The molecular formula is C15H14N2O4. The lowest BCUT2D eigenvalue weighted by Crippen LogP contribution is -2.09. The molecule has 0 bridgehead atoms. The van der Waals surface area contributed by atoms with Crippen molar-refractivity contribution in [2.45, 2.75) is 6.92 Å². The number of nitrogens with zero attached hydrogens (tertiary/aromatic N) is 1. The van der Waals surface area contributed by atoms with E-state index in [0.717, 1.165) is 11.8 Å². The Labute approximate surface area is 121 Å². The van der Waals surface area contributed by atoms with Crippen molar-refractivity contribution < 1.29 is 18.7 Å². The number of amides is 1. The van der Waals surface area contributed by atoms with Gasteiger partial charge in [-0.15, -0.1) is 0 Å². The van der Waals surface area contributed by atoms with Gasteiger partial charge in [-0.25, -0.2) is 4.79 Å². The van der Waals surface area contributed by atoms with Gasteiger partial charge in [0, 0.05) is 6.08 Å². The third-order valence-electron chi connectivity index (χ3n) is 2.45. The van der Waals surface area contributed by atoms with E-state index in [4.69, 9.17) is 9.15 Å². The SMILES string of the molecule is CCOC(=O)c1coc(NC(=O)C=Cc2ccccc2)n1. The monoisotopic (exact) mass is 286 g/mol. The summed E-state index contributed by atoms with van der Waals surface area (Å²) in [5.41, 5.74) is 0.909. The largest absolute Gasteiger partial charge is 0.461 e. The molecule has 1 aromatic heterocycles. The highest BCUT2D eigenvalue weighted by molar-refractivity contribution is 6.01. The summed E-state index contributed by atoms with van der Waals surface area (Å²) in [6.45, 7) is 1.93. The third kappa shape index (κ3) is 4.31. The zero-order valence-electron chi connectivity index (χ0n) is 11.4. The summed E-state index contributed by atoms with van der Waals surface area (Å²) in [5.74, 6) is -1.00. The van der Waals surface area contributed by atoms with Crippen LogP contribution in [0.25, 0.3) is 6.08 Å². The van der Waals surface area contributed by atoms with Crippen molar-refractivity contribution in [1.82, 2.24) is 4.98 Å². The number of carbonyl (C=O) groups excluding carboxylic acids is 2. The van der Waals surface area contributed by atoms with Gasteiger partial charge in [-0.05, 0) is 18.6 Å². The molecule has 0 aliphatic rings. The van der Waals surface area contributed by atoms with Gasteiger partial charge >= 0.3 is 12.0 Å². The van der Waals surface area contributed by atoms with E-state index in [0.29, 0.717) is 0 Å². The van der Waals surface area contributed by atoms with Gasteiger partial charge in [0.05, 0.1) is 6.61 Å². The molecule has 2 aromatic rings. The Morgan fingerprint density at radius 3 is 2.81 bits per heavy atom. The van der Waals surface area contributed by atoms with Crippen LogP contribution in [0.1, 0.15) is 23.0 Å². The quantitative estimate of drug-likeness (QED) is 0.674. The Morgan fingerprint density at radius 2 is 2.10 bits per heavy atom. The molecule has 0 aliphatic carbocycles. The number of aromatic nitrogens is 1. The van der Waals surface area contributed by atoms with Crippen molar-refractivity contribution in [3.63, 3.8) is 0 Å². The Bertz CT molecular complexity index is 647. The molecular weight excluding hydrogens is 272 g/mol. The maximum atomic E-state index is 11.7. The minimum atomic E-state index is -0.596. The van der Waals surface area contributed by atoms with Crippen LogP contribution in [0.3, 0.4) is 0 Å². The van der Waals surface area contributed by atoms with Crippen LogP contribution in [0.5, 0.6) is 0 Å². The molecule has 1 amide bonds. The second kappa shape index (κ2) is 7.04. The molecule has 1 heterocycles. The number of ether oxygens (including phenoxy) is 1. The van der Waals surface area contributed by atoms with E-state index in [9.17, 15) is 9.59 Å². The van der Waals surface area contributed by atoms with Crippen molar-refractivity contribution in [2.24, 2.45) is 0 Å². The Balaban J connectivity index is 1.94. The molecule has 0 spiro atoms. The molecule has 21 heavy (non-hydrogen) atoms. The minimum Gasteiger partial charge on any atom is -0.461 e. The lowest BCUT2D eigenvalue weighted by molar-refractivity contribution is -0.112. The van der Waals surface area contributed by atoms with Gasteiger partial charge in [-0.2, -0.15) is 4.98 Å². The predicted octanol–water partition coefficient (Wildman–Crippen LogP) is 2.50. The number of hydrogen-bond donors (Lipinski definition) is 1. The third-order valence-corrected chi connectivity index (χ3v) is 2.45. The number of esters is 1. The number of hydrogen-bond acceptors (Lipinski definition) is 5. The average molecular weight is 286 g/mol. The van der Waals surface area contributed by atoms with Crippen LogP contribution in [-0.4, -0.2) is 23.5 Å². The van der Waals surface area contributed by atoms with Gasteiger partial charge in [-0.3, -0.25) is 10.1 Å². The lowest BCUT2D eigenvalue weighted by atomic mass is 10.2. The molecule has 0 saturated heterocycles. The number of benzene rings is 1. The average Bonchev–Trinajstić information content (AvgIpc) is 2.95. The van der Waals surface area contributed by atoms with Gasteiger partial charge in [0.2, 0.25) is 0 Å². The van der Waals surface area contributed by atoms with E-state index >= 15 is 0 Å². The summed E-state index contributed by atoms with van der Waals surface area (Å²) in [6.07, 6.45) is 4.14. The van der Waals surface area contributed by atoms with Crippen LogP contribution < -0.4 is 5.32 Å². The van der Waals surface area contributed by atoms with Crippen molar-refractivity contribution >= 4 is 24.0 Å². The van der Waals surface area contributed by atoms with Gasteiger partial charge in [0.25, 0.3) is 5.91 Å². The van der Waals surface area contributed by atoms with Crippen molar-refractivity contribution in [1.29, 1.82) is 0 Å². The fourth-order valence-electron chi connectivity index (χ4n) is 1.51. The Morgan fingerprint density at radius 1 is 1.33 bits per heavy atom. The predicted molar refractivity (Wildman–Crippen MR) is 76.6 cm³/mol. The highest BCUT2D eigenvalue weighted by Gasteiger charge is 2.13. The van der Waals surface area contributed by atoms with Crippen LogP contribution in [-0.2, 0) is 9.53 Å². The first-order valence-electron chi connectivity index (χ1n) is 6.36. The zero-order chi connectivity index (χ0) is 15.1. The van der Waals surface area contributed by atoms with Gasteiger partial charge in [0.15, 0.2) is 5.69 Å². The second-order valence-electron chi connectivity index (χ2n) is 3.99. The molecule has 2 rings (SSSR count). The molecule has 108 valence electrons. The molecule has 0 saturated carbocycles. The molecule has 0 atom stereocenters. The Kier molecular flexibility index (Phi) is 4.87. The molecule has 1 N–H and O–H groups in total. The summed E-state index contributed by atoms with van der Waals surface area (Å²) < 4.78 is 9.74. The summed E-state index contributed by atoms with van der Waals surface area (Å²) in [6, 6.07) is 9.32. The van der Waals surface area contributed by atoms with E-state index < -0.39 is 11.9 Å². The van der Waals surface area contributed by atoms with Crippen LogP contribution >= 0.6 is 0 Å². The van der Waals surface area contributed by atoms with E-state index in [1.807, 2.05) is 30.3 Å². The zero-order valence-corrected chi connectivity index (χ0v) is 11.4. The molecule has 0 radical (unpaired) electrons. The fourth-order valence-corrected chi connectivity index (χ4v) is 1.51. The summed E-state index contributed by atoms with van der Waals surface area (Å²) in [7, 11) is 0. The minimum absolute atomic E-state index is 0.0131. The van der Waals surface area contributed by atoms with Crippen molar-refractivity contribution in [2.75, 3.05) is 11.9 Å². The van der Waals surface area contributed by atoms with Crippen LogP contribution in [0.4, 0.5) is 6.01 Å². The van der Waals surface area contributed by atoms with Crippen LogP contribution in [0, 0.1) is 0 Å².